The van der Waals surface area contributed by atoms with Gasteiger partial charge < -0.3 is 9.47 Å². The molecule has 0 spiro atoms. The number of aliphatic imine (C=N–C) groups is 1. The quantitative estimate of drug-likeness (QED) is 0.454. The van der Waals surface area contributed by atoms with E-state index in [0.717, 1.165) is 16.7 Å². The van der Waals surface area contributed by atoms with E-state index in [-0.39, 0.29) is 24.0 Å². The Labute approximate surface area is 167 Å². The van der Waals surface area contributed by atoms with Gasteiger partial charge in [0.25, 0.3) is 0 Å². The zero-order valence-corrected chi connectivity index (χ0v) is 15.8. The van der Waals surface area contributed by atoms with Crippen LogP contribution in [-0.4, -0.2) is 11.9 Å². The van der Waals surface area contributed by atoms with Crippen molar-refractivity contribution < 1.29 is 18.7 Å². The topological polar surface area (TPSA) is 47.9 Å². The minimum atomic E-state index is -0.505. The zero-order chi connectivity index (χ0) is 20.2. The summed E-state index contributed by atoms with van der Waals surface area (Å²) in [6.45, 7) is 2.25. The number of carbonyl (C=O) groups is 1. The Morgan fingerprint density at radius 2 is 1.83 bits per heavy atom. The molecule has 0 fully saturated rings. The van der Waals surface area contributed by atoms with Crippen molar-refractivity contribution in [2.24, 2.45) is 4.99 Å². The standard InChI is InChI=1S/C24H18FNO3/c1-16-5-4-7-19(13-16)23-26-21(24(27)29-23)14-18-6-2-3-8-22(18)28-15-17-9-11-20(25)12-10-17/h2-14H,15H2,1H3/b21-14-. The lowest BCUT2D eigenvalue weighted by Gasteiger charge is -2.09. The molecule has 144 valence electrons. The van der Waals surface area contributed by atoms with E-state index < -0.39 is 5.97 Å². The van der Waals surface area contributed by atoms with Crippen molar-refractivity contribution in [1.29, 1.82) is 0 Å². The summed E-state index contributed by atoms with van der Waals surface area (Å²) < 4.78 is 24.3. The van der Waals surface area contributed by atoms with E-state index in [1.165, 1.54) is 12.1 Å². The molecule has 4 nitrogen and oxygen atoms in total. The van der Waals surface area contributed by atoms with E-state index in [2.05, 4.69) is 4.99 Å². The summed E-state index contributed by atoms with van der Waals surface area (Å²) in [5.41, 5.74) is 3.56. The van der Waals surface area contributed by atoms with Gasteiger partial charge in [0.2, 0.25) is 5.90 Å². The van der Waals surface area contributed by atoms with Gasteiger partial charge in [0.1, 0.15) is 18.2 Å². The van der Waals surface area contributed by atoms with Crippen LogP contribution in [0.15, 0.2) is 83.5 Å². The van der Waals surface area contributed by atoms with E-state index in [0.29, 0.717) is 11.3 Å². The van der Waals surface area contributed by atoms with Crippen LogP contribution in [0.2, 0.25) is 0 Å². The molecule has 0 N–H and O–H groups in total. The van der Waals surface area contributed by atoms with Crippen molar-refractivity contribution >= 4 is 17.9 Å². The van der Waals surface area contributed by atoms with E-state index in [1.807, 2.05) is 49.4 Å². The van der Waals surface area contributed by atoms with Gasteiger partial charge in [-0.05, 0) is 48.9 Å². The van der Waals surface area contributed by atoms with Crippen LogP contribution in [0.3, 0.4) is 0 Å². The van der Waals surface area contributed by atoms with Gasteiger partial charge in [-0.25, -0.2) is 14.2 Å². The second-order valence-corrected chi connectivity index (χ2v) is 6.66. The predicted molar refractivity (Wildman–Crippen MR) is 109 cm³/mol. The number of aryl methyl sites for hydroxylation is 1. The zero-order valence-electron chi connectivity index (χ0n) is 15.8. The van der Waals surface area contributed by atoms with E-state index in [9.17, 15) is 9.18 Å². The lowest BCUT2D eigenvalue weighted by Crippen LogP contribution is -2.05. The number of hydrogen-bond acceptors (Lipinski definition) is 4. The molecular formula is C24H18FNO3. The number of benzene rings is 3. The Hall–Kier alpha value is -3.73. The first kappa shape index (κ1) is 18.6. The van der Waals surface area contributed by atoms with Crippen molar-refractivity contribution in [1.82, 2.24) is 0 Å². The summed E-state index contributed by atoms with van der Waals surface area (Å²) >= 11 is 0. The largest absolute Gasteiger partial charge is 0.488 e. The molecule has 4 rings (SSSR count). The van der Waals surface area contributed by atoms with Gasteiger partial charge in [-0.3, -0.25) is 0 Å². The first-order valence-corrected chi connectivity index (χ1v) is 9.14. The molecule has 0 amide bonds. The summed E-state index contributed by atoms with van der Waals surface area (Å²) in [5.74, 6) is 0.0849. The van der Waals surface area contributed by atoms with Crippen LogP contribution in [0.4, 0.5) is 4.39 Å². The number of cyclic esters (lactones) is 1. The lowest BCUT2D eigenvalue weighted by molar-refractivity contribution is -0.129. The van der Waals surface area contributed by atoms with E-state index in [1.54, 1.807) is 24.3 Å². The summed E-state index contributed by atoms with van der Waals surface area (Å²) in [4.78, 5) is 16.6. The number of carbonyl (C=O) groups excluding carboxylic acids is 1. The summed E-state index contributed by atoms with van der Waals surface area (Å²) in [7, 11) is 0. The minimum absolute atomic E-state index is 0.208. The van der Waals surface area contributed by atoms with Crippen LogP contribution >= 0.6 is 0 Å². The maximum Gasteiger partial charge on any atom is 0.363 e. The molecule has 3 aromatic carbocycles. The Bertz CT molecular complexity index is 1120. The molecule has 0 aliphatic carbocycles. The molecule has 0 aromatic heterocycles. The van der Waals surface area contributed by atoms with Crippen LogP contribution in [-0.2, 0) is 16.1 Å². The summed E-state index contributed by atoms with van der Waals surface area (Å²) in [6.07, 6.45) is 1.64. The third kappa shape index (κ3) is 4.41. The number of hydrogen-bond donors (Lipinski definition) is 0. The Morgan fingerprint density at radius 3 is 2.62 bits per heavy atom. The normalized spacial score (nSPS) is 14.6. The van der Waals surface area contributed by atoms with Crippen LogP contribution in [0.25, 0.3) is 6.08 Å². The predicted octanol–water partition coefficient (Wildman–Crippen LogP) is 5.06. The number of para-hydroxylation sites is 1. The first-order chi connectivity index (χ1) is 14.1. The second-order valence-electron chi connectivity index (χ2n) is 6.66. The number of halogens is 1. The van der Waals surface area contributed by atoms with Gasteiger partial charge in [-0.2, -0.15) is 0 Å². The van der Waals surface area contributed by atoms with Gasteiger partial charge in [0.15, 0.2) is 5.70 Å². The molecular weight excluding hydrogens is 369 g/mol. The molecule has 0 bridgehead atoms. The molecule has 0 saturated carbocycles. The van der Waals surface area contributed by atoms with Gasteiger partial charge in [0.05, 0.1) is 0 Å². The Morgan fingerprint density at radius 1 is 1.03 bits per heavy atom. The molecule has 29 heavy (non-hydrogen) atoms. The molecule has 3 aromatic rings. The highest BCUT2D eigenvalue weighted by Gasteiger charge is 2.24. The molecule has 5 heteroatoms. The fourth-order valence-electron chi connectivity index (χ4n) is 2.93. The van der Waals surface area contributed by atoms with E-state index in [4.69, 9.17) is 9.47 Å². The van der Waals surface area contributed by atoms with E-state index >= 15 is 0 Å². The van der Waals surface area contributed by atoms with Crippen LogP contribution in [0.1, 0.15) is 22.3 Å². The van der Waals surface area contributed by atoms with Crippen molar-refractivity contribution in [3.05, 3.63) is 107 Å². The summed E-state index contributed by atoms with van der Waals surface area (Å²) in [6, 6.07) is 21.1. The molecule has 0 radical (unpaired) electrons. The van der Waals surface area contributed by atoms with Crippen molar-refractivity contribution in [2.45, 2.75) is 13.5 Å². The molecule has 1 heterocycles. The number of esters is 1. The van der Waals surface area contributed by atoms with Crippen molar-refractivity contribution in [2.75, 3.05) is 0 Å². The average Bonchev–Trinajstić information content (AvgIpc) is 3.09. The van der Waals surface area contributed by atoms with Crippen LogP contribution in [0.5, 0.6) is 5.75 Å². The second kappa shape index (κ2) is 8.10. The monoisotopic (exact) mass is 387 g/mol. The maximum atomic E-state index is 13.0. The fourth-order valence-corrected chi connectivity index (χ4v) is 2.93. The minimum Gasteiger partial charge on any atom is -0.488 e. The van der Waals surface area contributed by atoms with Gasteiger partial charge in [-0.15, -0.1) is 0 Å². The highest BCUT2D eigenvalue weighted by atomic mass is 19.1. The van der Waals surface area contributed by atoms with Crippen molar-refractivity contribution in [3.63, 3.8) is 0 Å². The van der Waals surface area contributed by atoms with Gasteiger partial charge in [0, 0.05) is 11.1 Å². The maximum absolute atomic E-state index is 13.0. The smallest absolute Gasteiger partial charge is 0.363 e. The number of ether oxygens (including phenoxy) is 2. The van der Waals surface area contributed by atoms with Gasteiger partial charge in [-0.1, -0.05) is 48.0 Å². The molecule has 0 saturated heterocycles. The Balaban J connectivity index is 1.57. The Kier molecular flexibility index (Phi) is 5.20. The lowest BCUT2D eigenvalue weighted by atomic mass is 10.1. The van der Waals surface area contributed by atoms with Crippen LogP contribution < -0.4 is 4.74 Å². The SMILES string of the molecule is Cc1cccc(C2=N/C(=C\c3ccccc3OCc3ccc(F)cc3)C(=O)O2)c1. The molecule has 0 unspecified atom stereocenters. The van der Waals surface area contributed by atoms with Crippen molar-refractivity contribution in [3.8, 4) is 5.75 Å². The van der Waals surface area contributed by atoms with Crippen LogP contribution in [0, 0.1) is 12.7 Å². The number of nitrogens with zero attached hydrogens (tertiary/aromatic N) is 1. The molecule has 0 atom stereocenters. The average molecular weight is 387 g/mol. The number of rotatable bonds is 5. The summed E-state index contributed by atoms with van der Waals surface area (Å²) in [5, 5.41) is 0. The molecule has 1 aliphatic heterocycles. The highest BCUT2D eigenvalue weighted by Crippen LogP contribution is 2.25. The third-order valence-corrected chi connectivity index (χ3v) is 4.40. The first-order valence-electron chi connectivity index (χ1n) is 9.14. The fraction of sp³-hybridized carbons (Fsp3) is 0.0833. The highest BCUT2D eigenvalue weighted by molar-refractivity contribution is 6.13. The van der Waals surface area contributed by atoms with Gasteiger partial charge >= 0.3 is 5.97 Å². The molecule has 1 aliphatic rings. The third-order valence-electron chi connectivity index (χ3n) is 4.40.